The summed E-state index contributed by atoms with van der Waals surface area (Å²) >= 11 is 1.35. The van der Waals surface area contributed by atoms with Crippen molar-refractivity contribution in [2.45, 2.75) is 10.9 Å². The van der Waals surface area contributed by atoms with E-state index in [4.69, 9.17) is 23.9 Å². The van der Waals surface area contributed by atoms with Crippen molar-refractivity contribution in [1.29, 1.82) is 0 Å². The van der Waals surface area contributed by atoms with Crippen molar-refractivity contribution in [2.75, 3.05) is 28.4 Å². The van der Waals surface area contributed by atoms with Gasteiger partial charge in [0.25, 0.3) is 5.56 Å². The number of benzene rings is 3. The molecule has 0 fully saturated rings. The van der Waals surface area contributed by atoms with E-state index < -0.39 is 0 Å². The number of rotatable bonds is 8. The Bertz CT molecular complexity index is 1370. The Morgan fingerprint density at radius 1 is 0.882 bits per heavy atom. The number of nitrogens with zero attached hydrogens (tertiary/aromatic N) is 2. The van der Waals surface area contributed by atoms with E-state index in [0.717, 1.165) is 5.56 Å². The first-order valence-electron chi connectivity index (χ1n) is 10.3. The molecule has 7 nitrogen and oxygen atoms in total. The van der Waals surface area contributed by atoms with Crippen LogP contribution >= 0.6 is 11.8 Å². The second-order valence-electron chi connectivity index (χ2n) is 7.19. The molecule has 0 N–H and O–H groups in total. The zero-order valence-electron chi connectivity index (χ0n) is 19.1. The van der Waals surface area contributed by atoms with Crippen molar-refractivity contribution in [3.05, 3.63) is 76.3 Å². The lowest BCUT2D eigenvalue weighted by molar-refractivity contribution is 0.326. The van der Waals surface area contributed by atoms with Gasteiger partial charge in [-0.1, -0.05) is 23.9 Å². The number of hydrogen-bond donors (Lipinski definition) is 0. The van der Waals surface area contributed by atoms with Gasteiger partial charge in [-0.05, 0) is 48.0 Å². The predicted molar refractivity (Wildman–Crippen MR) is 130 cm³/mol. The number of ether oxygens (including phenoxy) is 4. The molecule has 1 heterocycles. The minimum Gasteiger partial charge on any atom is -0.497 e. The van der Waals surface area contributed by atoms with Gasteiger partial charge in [0.05, 0.1) is 39.5 Å². The largest absolute Gasteiger partial charge is 0.497 e. The van der Waals surface area contributed by atoms with Gasteiger partial charge in [-0.15, -0.1) is 0 Å². The maximum Gasteiger partial charge on any atom is 0.266 e. The number of halogens is 1. The maximum absolute atomic E-state index is 13.8. The van der Waals surface area contributed by atoms with Gasteiger partial charge < -0.3 is 18.9 Å². The third-order valence-electron chi connectivity index (χ3n) is 5.25. The molecule has 176 valence electrons. The van der Waals surface area contributed by atoms with E-state index in [2.05, 4.69) is 0 Å². The summed E-state index contributed by atoms with van der Waals surface area (Å²) in [4.78, 5) is 18.6. The van der Waals surface area contributed by atoms with Gasteiger partial charge in [-0.25, -0.2) is 9.37 Å². The number of fused-ring (bicyclic) bond motifs is 1. The fourth-order valence-electron chi connectivity index (χ4n) is 3.55. The molecule has 0 spiro atoms. The Labute approximate surface area is 200 Å². The first-order chi connectivity index (χ1) is 16.5. The minimum atomic E-state index is -0.307. The molecule has 0 aliphatic rings. The second kappa shape index (κ2) is 10.0. The summed E-state index contributed by atoms with van der Waals surface area (Å²) in [6, 6.07) is 14.9. The zero-order chi connectivity index (χ0) is 24.2. The first-order valence-corrected chi connectivity index (χ1v) is 11.3. The lowest BCUT2D eigenvalue weighted by Gasteiger charge is -2.17. The summed E-state index contributed by atoms with van der Waals surface area (Å²) in [5.41, 5.74) is 1.57. The zero-order valence-corrected chi connectivity index (χ0v) is 19.9. The molecule has 0 amide bonds. The molecule has 0 saturated carbocycles. The average molecular weight is 483 g/mol. The Morgan fingerprint density at radius 2 is 1.56 bits per heavy atom. The number of thioether (sulfide) groups is 1. The van der Waals surface area contributed by atoms with Crippen LogP contribution in [0, 0.1) is 5.82 Å². The fraction of sp³-hybridized carbons (Fsp3) is 0.200. The summed E-state index contributed by atoms with van der Waals surface area (Å²) < 4.78 is 36.6. The lowest BCUT2D eigenvalue weighted by atomic mass is 10.2. The Hall–Kier alpha value is -3.72. The van der Waals surface area contributed by atoms with Crippen LogP contribution in [-0.2, 0) is 5.75 Å². The molecule has 1 aromatic heterocycles. The third-order valence-corrected chi connectivity index (χ3v) is 6.26. The van der Waals surface area contributed by atoms with Gasteiger partial charge in [0.1, 0.15) is 17.1 Å². The molecule has 4 aromatic rings. The fourth-order valence-corrected chi connectivity index (χ4v) is 4.51. The predicted octanol–water partition coefficient (Wildman–Crippen LogP) is 4.85. The summed E-state index contributed by atoms with van der Waals surface area (Å²) in [7, 11) is 6.05. The minimum absolute atomic E-state index is 0.295. The summed E-state index contributed by atoms with van der Waals surface area (Å²) in [5, 5.41) is 0.758. The molecule has 3 aromatic carbocycles. The van der Waals surface area contributed by atoms with E-state index >= 15 is 0 Å². The van der Waals surface area contributed by atoms with Crippen molar-refractivity contribution >= 4 is 22.7 Å². The monoisotopic (exact) mass is 482 g/mol. The second-order valence-corrected chi connectivity index (χ2v) is 8.13. The molecule has 34 heavy (non-hydrogen) atoms. The number of hydrogen-bond acceptors (Lipinski definition) is 7. The van der Waals surface area contributed by atoms with E-state index in [-0.39, 0.29) is 11.4 Å². The Kier molecular flexibility index (Phi) is 6.93. The van der Waals surface area contributed by atoms with Crippen LogP contribution in [0.2, 0.25) is 0 Å². The topological polar surface area (TPSA) is 71.8 Å². The third kappa shape index (κ3) is 4.38. The Balaban J connectivity index is 1.94. The van der Waals surface area contributed by atoms with E-state index in [0.29, 0.717) is 50.5 Å². The van der Waals surface area contributed by atoms with Crippen LogP contribution in [0.4, 0.5) is 4.39 Å². The molecular weight excluding hydrogens is 459 g/mol. The summed E-state index contributed by atoms with van der Waals surface area (Å²) in [5.74, 6) is 1.85. The van der Waals surface area contributed by atoms with Gasteiger partial charge in [-0.3, -0.25) is 9.36 Å². The molecule has 0 aliphatic heterocycles. The van der Waals surface area contributed by atoms with E-state index in [1.807, 2.05) is 0 Å². The highest BCUT2D eigenvalue weighted by Crippen LogP contribution is 2.42. The molecule has 0 aliphatic carbocycles. The van der Waals surface area contributed by atoms with Gasteiger partial charge in [0.2, 0.25) is 5.75 Å². The van der Waals surface area contributed by atoms with E-state index in [1.54, 1.807) is 49.6 Å². The van der Waals surface area contributed by atoms with Crippen LogP contribution in [0.3, 0.4) is 0 Å². The molecular formula is C25H23FN2O5S. The highest BCUT2D eigenvalue weighted by molar-refractivity contribution is 7.98. The molecule has 9 heteroatoms. The molecule has 0 saturated heterocycles. The van der Waals surface area contributed by atoms with Crippen molar-refractivity contribution in [2.24, 2.45) is 0 Å². The van der Waals surface area contributed by atoms with Gasteiger partial charge in [0.15, 0.2) is 16.7 Å². The smallest absolute Gasteiger partial charge is 0.266 e. The van der Waals surface area contributed by atoms with Crippen molar-refractivity contribution in [3.8, 4) is 28.7 Å². The van der Waals surface area contributed by atoms with E-state index in [1.165, 1.54) is 49.8 Å². The van der Waals surface area contributed by atoms with Crippen molar-refractivity contribution in [1.82, 2.24) is 9.55 Å². The van der Waals surface area contributed by atoms with Crippen molar-refractivity contribution < 1.29 is 23.3 Å². The summed E-state index contributed by atoms with van der Waals surface area (Å²) in [6.45, 7) is 0. The van der Waals surface area contributed by atoms with Gasteiger partial charge >= 0.3 is 0 Å². The normalized spacial score (nSPS) is 10.9. The van der Waals surface area contributed by atoms with Gasteiger partial charge in [-0.2, -0.15) is 0 Å². The quantitative estimate of drug-likeness (QED) is 0.263. The SMILES string of the molecule is COc1ccc(-n2c(SCc3ccc(F)cc3)nc3c(OC)c(OC)c(OC)cc3c2=O)cc1. The van der Waals surface area contributed by atoms with Crippen LogP contribution in [0.25, 0.3) is 16.6 Å². The highest BCUT2D eigenvalue weighted by atomic mass is 32.2. The van der Waals surface area contributed by atoms with Crippen molar-refractivity contribution in [3.63, 3.8) is 0 Å². The van der Waals surface area contributed by atoms with Crippen LogP contribution in [0.5, 0.6) is 23.0 Å². The molecule has 0 atom stereocenters. The maximum atomic E-state index is 13.8. The number of aromatic nitrogens is 2. The molecule has 0 radical (unpaired) electrons. The first kappa shape index (κ1) is 23.4. The molecule has 4 rings (SSSR count). The lowest BCUT2D eigenvalue weighted by Crippen LogP contribution is -2.22. The average Bonchev–Trinajstić information content (AvgIpc) is 2.87. The van der Waals surface area contributed by atoms with Crippen LogP contribution < -0.4 is 24.5 Å². The van der Waals surface area contributed by atoms with E-state index in [9.17, 15) is 9.18 Å². The highest BCUT2D eigenvalue weighted by Gasteiger charge is 2.22. The van der Waals surface area contributed by atoms with Crippen LogP contribution in [0.1, 0.15) is 5.56 Å². The van der Waals surface area contributed by atoms with Crippen LogP contribution in [-0.4, -0.2) is 38.0 Å². The standard InChI is InChI=1S/C25H23FN2O5S/c1-30-18-11-9-17(10-12-18)28-24(29)19-13-20(31-2)22(32-3)23(33-4)21(19)27-25(28)34-14-15-5-7-16(26)8-6-15/h5-13H,14H2,1-4H3. The number of methoxy groups -OCH3 is 4. The van der Waals surface area contributed by atoms with Crippen LogP contribution in [0.15, 0.2) is 64.5 Å². The Morgan fingerprint density at radius 3 is 2.15 bits per heavy atom. The molecule has 0 bridgehead atoms. The molecule has 0 unspecified atom stereocenters. The van der Waals surface area contributed by atoms with Gasteiger partial charge in [0, 0.05) is 5.75 Å². The summed E-state index contributed by atoms with van der Waals surface area (Å²) in [6.07, 6.45) is 0.